The van der Waals surface area contributed by atoms with Gasteiger partial charge in [-0.2, -0.15) is 0 Å². The molecule has 0 bridgehead atoms. The van der Waals surface area contributed by atoms with E-state index in [1.165, 1.54) is 11.1 Å². The van der Waals surface area contributed by atoms with Crippen molar-refractivity contribution >= 4 is 21.8 Å². The molecule has 2 aromatic rings. The Hall–Kier alpha value is -1.61. The smallest absolute Gasteiger partial charge is 0.223 e. The van der Waals surface area contributed by atoms with Crippen LogP contribution in [0.1, 0.15) is 23.5 Å². The van der Waals surface area contributed by atoms with Crippen molar-refractivity contribution in [3.8, 4) is 0 Å². The van der Waals surface area contributed by atoms with E-state index in [-0.39, 0.29) is 11.8 Å². The molecule has 1 N–H and O–H groups in total. The third kappa shape index (κ3) is 3.73. The molecule has 21 heavy (non-hydrogen) atoms. The van der Waals surface area contributed by atoms with Gasteiger partial charge in [0.25, 0.3) is 0 Å². The van der Waals surface area contributed by atoms with E-state index in [0.717, 1.165) is 17.3 Å². The number of benzene rings is 2. The van der Waals surface area contributed by atoms with Crippen molar-refractivity contribution in [2.45, 2.75) is 18.8 Å². The molecule has 2 nitrogen and oxygen atoms in total. The first-order valence-corrected chi connectivity index (χ1v) is 8.02. The lowest BCUT2D eigenvalue weighted by Crippen LogP contribution is -2.27. The highest BCUT2D eigenvalue weighted by atomic mass is 79.9. The fourth-order valence-corrected chi connectivity index (χ4v) is 3.08. The van der Waals surface area contributed by atoms with Crippen molar-refractivity contribution in [3.05, 3.63) is 70.2 Å². The maximum absolute atomic E-state index is 12.1. The predicted molar refractivity (Wildman–Crippen MR) is 87.0 cm³/mol. The Labute approximate surface area is 133 Å². The normalized spacial score (nSPS) is 20.0. The van der Waals surface area contributed by atoms with Crippen LogP contribution in [0.3, 0.4) is 0 Å². The molecule has 107 valence electrons. The van der Waals surface area contributed by atoms with E-state index in [2.05, 4.69) is 39.4 Å². The number of hydrogen-bond donors (Lipinski definition) is 1. The number of amides is 1. The number of carbonyl (C=O) groups excluding carboxylic acids is 1. The average Bonchev–Trinajstić information content (AvgIpc) is 3.29. The van der Waals surface area contributed by atoms with Gasteiger partial charge < -0.3 is 5.32 Å². The number of rotatable bonds is 5. The van der Waals surface area contributed by atoms with Gasteiger partial charge in [-0.05, 0) is 42.0 Å². The van der Waals surface area contributed by atoms with E-state index in [1.807, 2.05) is 36.4 Å². The summed E-state index contributed by atoms with van der Waals surface area (Å²) in [5.74, 6) is 0.750. The summed E-state index contributed by atoms with van der Waals surface area (Å²) in [7, 11) is 0. The zero-order valence-corrected chi connectivity index (χ0v) is 13.3. The number of nitrogens with one attached hydrogen (secondary N) is 1. The highest BCUT2D eigenvalue weighted by Crippen LogP contribution is 2.47. The van der Waals surface area contributed by atoms with E-state index in [0.29, 0.717) is 12.5 Å². The highest BCUT2D eigenvalue weighted by molar-refractivity contribution is 9.10. The maximum Gasteiger partial charge on any atom is 0.223 e. The number of halogens is 1. The molecule has 1 aliphatic rings. The number of carbonyl (C=O) groups is 1. The summed E-state index contributed by atoms with van der Waals surface area (Å²) < 4.78 is 0.956. The quantitative estimate of drug-likeness (QED) is 0.881. The van der Waals surface area contributed by atoms with E-state index < -0.39 is 0 Å². The summed E-state index contributed by atoms with van der Waals surface area (Å²) in [5.41, 5.74) is 2.48. The minimum absolute atomic E-state index is 0.156. The summed E-state index contributed by atoms with van der Waals surface area (Å²) >= 11 is 3.41. The monoisotopic (exact) mass is 342 g/mol. The Kier molecular flexibility index (Phi) is 4.39. The molecule has 0 saturated heterocycles. The molecule has 1 amide bonds. The number of hydrogen-bond acceptors (Lipinski definition) is 1. The molecule has 0 spiro atoms. The van der Waals surface area contributed by atoms with Crippen LogP contribution in [0.5, 0.6) is 0 Å². The van der Waals surface area contributed by atoms with Crippen molar-refractivity contribution in [1.29, 1.82) is 0 Å². The van der Waals surface area contributed by atoms with Crippen LogP contribution in [-0.4, -0.2) is 12.5 Å². The summed E-state index contributed by atoms with van der Waals surface area (Å²) in [5, 5.41) is 3.05. The van der Waals surface area contributed by atoms with Gasteiger partial charge in [0.05, 0.1) is 0 Å². The maximum atomic E-state index is 12.1. The van der Waals surface area contributed by atoms with Crippen molar-refractivity contribution in [2.24, 2.45) is 5.92 Å². The fraction of sp³-hybridized carbons (Fsp3) is 0.278. The molecule has 1 saturated carbocycles. The van der Waals surface area contributed by atoms with Crippen LogP contribution in [-0.2, 0) is 11.2 Å². The molecule has 2 unspecified atom stereocenters. The zero-order valence-electron chi connectivity index (χ0n) is 11.7. The van der Waals surface area contributed by atoms with Crippen molar-refractivity contribution in [1.82, 2.24) is 5.32 Å². The van der Waals surface area contributed by atoms with Crippen LogP contribution in [0.25, 0.3) is 0 Å². The second-order valence-corrected chi connectivity index (χ2v) is 6.30. The zero-order chi connectivity index (χ0) is 14.7. The molecule has 3 rings (SSSR count). The first kappa shape index (κ1) is 14.3. The lowest BCUT2D eigenvalue weighted by atomic mass is 10.1. The van der Waals surface area contributed by atoms with Crippen LogP contribution >= 0.6 is 15.9 Å². The molecular formula is C18H17BrNO. The summed E-state index contributed by atoms with van der Waals surface area (Å²) in [6, 6.07) is 19.3. The standard InChI is InChI=1S/C18H17BrNO/c19-15-8-4-5-13(11-15)9-10-20-18(21)17-12-16(17)14-6-2-1-3-7-14/h1-7,11,16-17H,9-10,12H2,(H,20,21). The van der Waals surface area contributed by atoms with E-state index in [9.17, 15) is 4.79 Å². The van der Waals surface area contributed by atoms with Crippen molar-refractivity contribution in [3.63, 3.8) is 0 Å². The Morgan fingerprint density at radius 1 is 1.29 bits per heavy atom. The van der Waals surface area contributed by atoms with Crippen LogP contribution in [0.2, 0.25) is 0 Å². The molecule has 1 radical (unpaired) electrons. The van der Waals surface area contributed by atoms with Gasteiger partial charge in [0.15, 0.2) is 0 Å². The molecule has 2 atom stereocenters. The summed E-state index contributed by atoms with van der Waals surface area (Å²) in [4.78, 5) is 12.1. The minimum Gasteiger partial charge on any atom is -0.356 e. The predicted octanol–water partition coefficient (Wildman–Crippen LogP) is 3.71. The van der Waals surface area contributed by atoms with E-state index in [1.54, 1.807) is 0 Å². The van der Waals surface area contributed by atoms with Gasteiger partial charge in [-0.1, -0.05) is 58.4 Å². The Morgan fingerprint density at radius 2 is 2.10 bits per heavy atom. The first-order chi connectivity index (χ1) is 10.2. The Morgan fingerprint density at radius 3 is 2.86 bits per heavy atom. The SMILES string of the molecule is O=C(NCCc1cc[c]c(Br)c1)C1CC1c1ccccc1. The van der Waals surface area contributed by atoms with Crippen molar-refractivity contribution < 1.29 is 4.79 Å². The van der Waals surface area contributed by atoms with Crippen molar-refractivity contribution in [2.75, 3.05) is 6.54 Å². The van der Waals surface area contributed by atoms with Crippen LogP contribution < -0.4 is 5.32 Å². The van der Waals surface area contributed by atoms with Gasteiger partial charge in [0.2, 0.25) is 5.91 Å². The second kappa shape index (κ2) is 6.44. The van der Waals surface area contributed by atoms with Gasteiger partial charge in [-0.3, -0.25) is 4.79 Å². The topological polar surface area (TPSA) is 29.1 Å². The molecule has 0 aromatic heterocycles. The molecular weight excluding hydrogens is 326 g/mol. The van der Waals surface area contributed by atoms with Gasteiger partial charge in [-0.25, -0.2) is 0 Å². The van der Waals surface area contributed by atoms with Gasteiger partial charge >= 0.3 is 0 Å². The largest absolute Gasteiger partial charge is 0.356 e. The molecule has 1 aliphatic carbocycles. The Balaban J connectivity index is 1.46. The summed E-state index contributed by atoms with van der Waals surface area (Å²) in [6.45, 7) is 0.688. The molecule has 3 heteroatoms. The van der Waals surface area contributed by atoms with E-state index >= 15 is 0 Å². The molecule has 0 aliphatic heterocycles. The average molecular weight is 343 g/mol. The molecule has 0 heterocycles. The first-order valence-electron chi connectivity index (χ1n) is 7.23. The third-order valence-electron chi connectivity index (χ3n) is 3.90. The molecule has 2 aromatic carbocycles. The Bertz CT molecular complexity index is 626. The van der Waals surface area contributed by atoms with Crippen LogP contribution in [0, 0.1) is 12.0 Å². The lowest BCUT2D eigenvalue weighted by molar-refractivity contribution is -0.122. The fourth-order valence-electron chi connectivity index (χ4n) is 2.65. The highest BCUT2D eigenvalue weighted by Gasteiger charge is 2.43. The molecule has 1 fully saturated rings. The van der Waals surface area contributed by atoms with Gasteiger partial charge in [-0.15, -0.1) is 0 Å². The lowest BCUT2D eigenvalue weighted by Gasteiger charge is -2.05. The third-order valence-corrected chi connectivity index (χ3v) is 4.36. The van der Waals surface area contributed by atoms with Gasteiger partial charge in [0, 0.05) is 16.9 Å². The van der Waals surface area contributed by atoms with Crippen LogP contribution in [0.4, 0.5) is 0 Å². The second-order valence-electron chi connectivity index (χ2n) is 5.45. The summed E-state index contributed by atoms with van der Waals surface area (Å²) in [6.07, 6.45) is 1.82. The van der Waals surface area contributed by atoms with E-state index in [4.69, 9.17) is 0 Å². The van der Waals surface area contributed by atoms with Crippen LogP contribution in [0.15, 0.2) is 53.0 Å². The minimum atomic E-state index is 0.156. The van der Waals surface area contributed by atoms with Gasteiger partial charge in [0.1, 0.15) is 0 Å².